The van der Waals surface area contributed by atoms with Crippen LogP contribution >= 0.6 is 0 Å². The number of halogens is 4. The number of alkyl halides is 4. The number of nitrogens with zero attached hydrogens (tertiary/aromatic N) is 3. The smallest absolute Gasteiger partial charge is 0.406 e. The van der Waals surface area contributed by atoms with E-state index in [1.807, 2.05) is 11.8 Å². The van der Waals surface area contributed by atoms with Gasteiger partial charge < -0.3 is 30.2 Å². The van der Waals surface area contributed by atoms with Gasteiger partial charge in [-0.15, -0.1) is 0 Å². The molecule has 2 amide bonds. The van der Waals surface area contributed by atoms with Gasteiger partial charge in [0.05, 0.1) is 36.7 Å². The predicted octanol–water partition coefficient (Wildman–Crippen LogP) is 3.84. The van der Waals surface area contributed by atoms with Crippen molar-refractivity contribution in [2.24, 2.45) is 5.92 Å². The van der Waals surface area contributed by atoms with E-state index < -0.39 is 25.3 Å². The highest BCUT2D eigenvalue weighted by Crippen LogP contribution is 2.27. The van der Waals surface area contributed by atoms with Gasteiger partial charge in [-0.2, -0.15) is 13.2 Å². The summed E-state index contributed by atoms with van der Waals surface area (Å²) in [6.07, 6.45) is -2.81. The molecule has 3 aromatic rings. The number of carbonyl (C=O) groups excluding carboxylic acids is 2. The summed E-state index contributed by atoms with van der Waals surface area (Å²) in [6.45, 7) is 1.96. The largest absolute Gasteiger partial charge is 0.495 e. The molecule has 4 rings (SSSR count). The number of anilines is 1. The molecule has 0 bridgehead atoms. The summed E-state index contributed by atoms with van der Waals surface area (Å²) in [5.41, 5.74) is 1.68. The minimum atomic E-state index is -4.49. The number of ether oxygens (including phenoxy) is 1. The number of carbonyl (C=O) groups is 2. The van der Waals surface area contributed by atoms with E-state index in [1.54, 1.807) is 18.2 Å². The quantitative estimate of drug-likeness (QED) is 0.254. The maximum absolute atomic E-state index is 13.5. The van der Waals surface area contributed by atoms with Crippen LogP contribution < -0.4 is 20.7 Å². The van der Waals surface area contributed by atoms with Crippen LogP contribution in [0.5, 0.6) is 5.75 Å². The van der Waals surface area contributed by atoms with Gasteiger partial charge in [0, 0.05) is 43.9 Å². The molecule has 230 valence electrons. The zero-order chi connectivity index (χ0) is 31.1. The predicted molar refractivity (Wildman–Crippen MR) is 155 cm³/mol. The Morgan fingerprint density at radius 3 is 2.65 bits per heavy atom. The molecule has 9 nitrogen and oxygen atoms in total. The van der Waals surface area contributed by atoms with Crippen molar-refractivity contribution in [1.29, 1.82) is 0 Å². The number of methoxy groups -OCH3 is 1. The minimum Gasteiger partial charge on any atom is -0.495 e. The zero-order valence-corrected chi connectivity index (χ0v) is 24.1. The topological polar surface area (TPSA) is 101 Å². The second kappa shape index (κ2) is 13.8. The Morgan fingerprint density at radius 1 is 1.19 bits per heavy atom. The van der Waals surface area contributed by atoms with Crippen LogP contribution in [0.15, 0.2) is 36.7 Å². The van der Waals surface area contributed by atoms with Crippen molar-refractivity contribution in [2.45, 2.75) is 32.1 Å². The maximum Gasteiger partial charge on any atom is 0.406 e. The van der Waals surface area contributed by atoms with E-state index in [0.29, 0.717) is 48.6 Å². The molecule has 2 heterocycles. The molecule has 2 atom stereocenters. The monoisotopic (exact) mass is 602 g/mol. The Labute approximate surface area is 247 Å². The van der Waals surface area contributed by atoms with Gasteiger partial charge in [0.25, 0.3) is 11.8 Å². The van der Waals surface area contributed by atoms with Crippen molar-refractivity contribution in [1.82, 2.24) is 25.1 Å². The van der Waals surface area contributed by atoms with Crippen molar-refractivity contribution < 1.29 is 31.9 Å². The van der Waals surface area contributed by atoms with E-state index >= 15 is 0 Å². The molecule has 1 aliphatic heterocycles. The Balaban J connectivity index is 1.59. The number of hydrogen-bond donors (Lipinski definition) is 3. The van der Waals surface area contributed by atoms with Crippen molar-refractivity contribution in [3.63, 3.8) is 0 Å². The van der Waals surface area contributed by atoms with Gasteiger partial charge in [0.15, 0.2) is 0 Å². The highest BCUT2D eigenvalue weighted by molar-refractivity contribution is 6.05. The third-order valence-electron chi connectivity index (χ3n) is 7.32. The molecule has 1 aliphatic rings. The molecule has 0 saturated carbocycles. The van der Waals surface area contributed by atoms with Gasteiger partial charge in [-0.05, 0) is 42.7 Å². The highest BCUT2D eigenvalue weighted by atomic mass is 19.4. The number of amides is 2. The number of hydrogen-bond acceptors (Lipinski definition) is 6. The van der Waals surface area contributed by atoms with Crippen molar-refractivity contribution in [2.75, 3.05) is 52.3 Å². The van der Waals surface area contributed by atoms with E-state index in [0.717, 1.165) is 10.9 Å². The van der Waals surface area contributed by atoms with Crippen LogP contribution in [-0.4, -0.2) is 85.5 Å². The van der Waals surface area contributed by atoms with E-state index in [2.05, 4.69) is 32.8 Å². The summed E-state index contributed by atoms with van der Waals surface area (Å²) < 4.78 is 59.0. The van der Waals surface area contributed by atoms with Crippen molar-refractivity contribution in [3.8, 4) is 17.6 Å². The number of likely N-dealkylation sites (tertiary alicyclic amines) is 1. The Kier molecular flexibility index (Phi) is 10.1. The lowest BCUT2D eigenvalue weighted by molar-refractivity contribution is -0.139. The van der Waals surface area contributed by atoms with Gasteiger partial charge in [0.1, 0.15) is 24.5 Å². The van der Waals surface area contributed by atoms with Crippen LogP contribution in [0.1, 0.15) is 39.6 Å². The first-order valence-corrected chi connectivity index (χ1v) is 13.8. The fourth-order valence-corrected chi connectivity index (χ4v) is 5.16. The summed E-state index contributed by atoms with van der Waals surface area (Å²) in [5, 5.41) is 8.65. The molecule has 0 unspecified atom stereocenters. The molecule has 0 radical (unpaired) electrons. The molecule has 43 heavy (non-hydrogen) atoms. The van der Waals surface area contributed by atoms with E-state index in [-0.39, 0.29) is 41.0 Å². The first-order chi connectivity index (χ1) is 20.5. The molecule has 1 saturated heterocycles. The van der Waals surface area contributed by atoms with Gasteiger partial charge in [-0.25, -0.2) is 9.37 Å². The molecule has 2 aromatic carbocycles. The van der Waals surface area contributed by atoms with Crippen molar-refractivity contribution >= 4 is 28.5 Å². The Hall–Kier alpha value is -4.31. The molecule has 3 N–H and O–H groups in total. The number of imidazole rings is 1. The fraction of sp³-hybridized carbons (Fsp3) is 0.433. The molecular formula is C30H34F4N6O3. The molecule has 0 spiro atoms. The van der Waals surface area contributed by atoms with Gasteiger partial charge >= 0.3 is 6.18 Å². The van der Waals surface area contributed by atoms with E-state index in [4.69, 9.17) is 4.74 Å². The minimum absolute atomic E-state index is 0.0514. The number of nitrogens with one attached hydrogen (secondary N) is 3. The van der Waals surface area contributed by atoms with Crippen LogP contribution in [0.4, 0.5) is 23.2 Å². The summed E-state index contributed by atoms with van der Waals surface area (Å²) in [7, 11) is 3.02. The molecule has 1 aromatic heterocycles. The average Bonchev–Trinajstić information content (AvgIpc) is 3.36. The van der Waals surface area contributed by atoms with Gasteiger partial charge in [-0.1, -0.05) is 18.8 Å². The van der Waals surface area contributed by atoms with E-state index in [9.17, 15) is 27.2 Å². The standard InChI is InChI=1S/C30H34F4N6O3/c1-19-16-39(12-9-31)11-8-23(19)38-29(42)22-13-20(14-25-27(22)37-18-40(25)17-30(32,33)34)5-4-10-36-24-15-21(28(41)35-2)6-7-26(24)43-3/h6-7,13-15,18-19,23,36H,8-12,16-17H2,1-3H3,(H,35,41)(H,38,42)/t19-,23-/m0/s1. The summed E-state index contributed by atoms with van der Waals surface area (Å²) in [5.74, 6) is 5.66. The van der Waals surface area contributed by atoms with Gasteiger partial charge in [-0.3, -0.25) is 9.59 Å². The molecule has 1 fully saturated rings. The second-order valence-corrected chi connectivity index (χ2v) is 10.4. The highest BCUT2D eigenvalue weighted by Gasteiger charge is 2.31. The molecular weight excluding hydrogens is 568 g/mol. The lowest BCUT2D eigenvalue weighted by Crippen LogP contribution is -2.50. The third-order valence-corrected chi connectivity index (χ3v) is 7.32. The van der Waals surface area contributed by atoms with Crippen LogP contribution in [0.25, 0.3) is 11.0 Å². The average molecular weight is 603 g/mol. The lowest BCUT2D eigenvalue weighted by atomic mass is 9.93. The second-order valence-electron chi connectivity index (χ2n) is 10.4. The van der Waals surface area contributed by atoms with E-state index in [1.165, 1.54) is 26.3 Å². The van der Waals surface area contributed by atoms with Crippen LogP contribution in [0.3, 0.4) is 0 Å². The summed E-state index contributed by atoms with van der Waals surface area (Å²) in [6, 6.07) is 7.69. The number of rotatable bonds is 9. The Morgan fingerprint density at radius 2 is 1.98 bits per heavy atom. The fourth-order valence-electron chi connectivity index (χ4n) is 5.16. The number of piperidine rings is 1. The van der Waals surface area contributed by atoms with Crippen LogP contribution in [0, 0.1) is 17.8 Å². The number of fused-ring (bicyclic) bond motifs is 1. The zero-order valence-electron chi connectivity index (χ0n) is 24.1. The maximum atomic E-state index is 13.5. The SMILES string of the molecule is CNC(=O)c1ccc(OC)c(NCC#Cc2cc(C(=O)N[C@H]3CCN(CCF)C[C@@H]3C)c3ncn(CC(F)(F)F)c3c2)c1. The number of benzene rings is 2. The van der Waals surface area contributed by atoms with Crippen LogP contribution in [-0.2, 0) is 6.54 Å². The first kappa shape index (κ1) is 31.6. The third kappa shape index (κ3) is 7.95. The van der Waals surface area contributed by atoms with Crippen LogP contribution in [0.2, 0.25) is 0 Å². The van der Waals surface area contributed by atoms with Gasteiger partial charge in [0.2, 0.25) is 0 Å². The number of aromatic nitrogens is 2. The summed E-state index contributed by atoms with van der Waals surface area (Å²) >= 11 is 0. The van der Waals surface area contributed by atoms with Crippen molar-refractivity contribution in [3.05, 3.63) is 53.3 Å². The molecule has 0 aliphatic carbocycles. The Bertz CT molecular complexity index is 1530. The summed E-state index contributed by atoms with van der Waals surface area (Å²) in [4.78, 5) is 31.6. The normalized spacial score (nSPS) is 17.2. The lowest BCUT2D eigenvalue weighted by Gasteiger charge is -2.36. The molecule has 13 heteroatoms. The first-order valence-electron chi connectivity index (χ1n) is 13.8.